The van der Waals surface area contributed by atoms with Gasteiger partial charge in [0, 0.05) is 49.1 Å². The molecule has 30 heavy (non-hydrogen) atoms. The number of Topliss-reactive ketones (excluding diaryl/α,β-unsaturated/α-hetero) is 1. The van der Waals surface area contributed by atoms with Crippen molar-refractivity contribution in [3.8, 4) is 0 Å². The van der Waals surface area contributed by atoms with E-state index < -0.39 is 4.87 Å². The number of halogens is 1. The van der Waals surface area contributed by atoms with Crippen molar-refractivity contribution in [3.05, 3.63) is 23.5 Å². The van der Waals surface area contributed by atoms with Crippen molar-refractivity contribution >= 4 is 29.5 Å². The van der Waals surface area contributed by atoms with Gasteiger partial charge < -0.3 is 10.2 Å². The summed E-state index contributed by atoms with van der Waals surface area (Å²) in [5, 5.41) is 3.06. The third-order valence-corrected chi connectivity index (χ3v) is 6.35. The molecule has 166 valence electrons. The number of carbonyl (C=O) groups is 2. The molecule has 0 aliphatic carbocycles. The number of amides is 1. The Balaban J connectivity index is 1.45. The van der Waals surface area contributed by atoms with Gasteiger partial charge in [0.25, 0.3) is 0 Å². The molecule has 0 aromatic carbocycles. The number of hydrogen-bond acceptors (Lipinski definition) is 4. The summed E-state index contributed by atoms with van der Waals surface area (Å²) < 4.78 is 0. The average molecular weight is 434 g/mol. The van der Waals surface area contributed by atoms with Crippen molar-refractivity contribution in [2.75, 3.05) is 13.1 Å². The molecule has 3 heterocycles. The van der Waals surface area contributed by atoms with Gasteiger partial charge in [-0.3, -0.25) is 14.6 Å². The number of alkyl halides is 1. The molecule has 0 radical (unpaired) electrons. The second kappa shape index (κ2) is 9.25. The van der Waals surface area contributed by atoms with Crippen LogP contribution in [0.4, 0.5) is 0 Å². The van der Waals surface area contributed by atoms with E-state index in [1.165, 1.54) is 5.70 Å². The van der Waals surface area contributed by atoms with Crippen LogP contribution in [0.2, 0.25) is 0 Å². The SMILES string of the molecule is CC(C)(C)CNC(=O)CN1C2=C[C@@H](CCCC(=O)C3=CN=C[C@@](C)(Cl)C3)C[C@@H]1CC2. The molecular formula is C24H36ClN3O2. The van der Waals surface area contributed by atoms with Crippen LogP contribution in [0.5, 0.6) is 0 Å². The molecular weight excluding hydrogens is 398 g/mol. The van der Waals surface area contributed by atoms with Gasteiger partial charge >= 0.3 is 0 Å². The number of rotatable bonds is 8. The smallest absolute Gasteiger partial charge is 0.239 e. The van der Waals surface area contributed by atoms with Gasteiger partial charge in [-0.05, 0) is 50.4 Å². The fraction of sp³-hybridized carbons (Fsp3) is 0.708. The van der Waals surface area contributed by atoms with E-state index >= 15 is 0 Å². The summed E-state index contributed by atoms with van der Waals surface area (Å²) in [6.07, 6.45) is 12.0. The third kappa shape index (κ3) is 6.44. The zero-order valence-corrected chi connectivity index (χ0v) is 19.6. The second-order valence-electron chi connectivity index (χ2n) is 10.5. The van der Waals surface area contributed by atoms with Crippen LogP contribution in [0.1, 0.15) is 72.6 Å². The zero-order chi connectivity index (χ0) is 21.9. The lowest BCUT2D eigenvalue weighted by Crippen LogP contribution is -2.43. The van der Waals surface area contributed by atoms with Crippen molar-refractivity contribution in [1.82, 2.24) is 10.2 Å². The van der Waals surface area contributed by atoms with Crippen molar-refractivity contribution < 1.29 is 9.59 Å². The first-order valence-corrected chi connectivity index (χ1v) is 11.6. The molecule has 3 atom stereocenters. The molecule has 3 rings (SSSR count). The van der Waals surface area contributed by atoms with E-state index in [0.717, 1.165) is 37.7 Å². The highest BCUT2D eigenvalue weighted by molar-refractivity contribution is 6.32. The minimum atomic E-state index is -0.546. The lowest BCUT2D eigenvalue weighted by molar-refractivity contribution is -0.122. The van der Waals surface area contributed by atoms with Crippen LogP contribution >= 0.6 is 11.6 Å². The van der Waals surface area contributed by atoms with Gasteiger partial charge in [-0.1, -0.05) is 26.8 Å². The van der Waals surface area contributed by atoms with E-state index in [9.17, 15) is 9.59 Å². The molecule has 6 heteroatoms. The summed E-state index contributed by atoms with van der Waals surface area (Å²) in [5.41, 5.74) is 2.15. The highest BCUT2D eigenvalue weighted by atomic mass is 35.5. The predicted molar refractivity (Wildman–Crippen MR) is 123 cm³/mol. The van der Waals surface area contributed by atoms with Crippen LogP contribution in [0.15, 0.2) is 28.5 Å². The van der Waals surface area contributed by atoms with Gasteiger partial charge in [0.15, 0.2) is 5.78 Å². The van der Waals surface area contributed by atoms with Gasteiger partial charge in [0.05, 0.1) is 11.4 Å². The zero-order valence-electron chi connectivity index (χ0n) is 18.8. The first kappa shape index (κ1) is 23.1. The van der Waals surface area contributed by atoms with E-state index in [1.54, 1.807) is 12.4 Å². The fourth-order valence-corrected chi connectivity index (χ4v) is 4.77. The number of nitrogens with one attached hydrogen (secondary N) is 1. The Hall–Kier alpha value is -1.62. The van der Waals surface area contributed by atoms with Gasteiger partial charge in [-0.25, -0.2) is 0 Å². The summed E-state index contributed by atoms with van der Waals surface area (Å²) >= 11 is 6.31. The predicted octanol–water partition coefficient (Wildman–Crippen LogP) is 4.61. The van der Waals surface area contributed by atoms with Gasteiger partial charge in [0.2, 0.25) is 5.91 Å². The highest BCUT2D eigenvalue weighted by Gasteiger charge is 2.35. The highest BCUT2D eigenvalue weighted by Crippen LogP contribution is 2.39. The van der Waals surface area contributed by atoms with E-state index in [-0.39, 0.29) is 17.1 Å². The van der Waals surface area contributed by atoms with Gasteiger partial charge in [0.1, 0.15) is 0 Å². The molecule has 1 amide bonds. The van der Waals surface area contributed by atoms with Crippen LogP contribution < -0.4 is 5.32 Å². The Labute approximate surface area is 186 Å². The summed E-state index contributed by atoms with van der Waals surface area (Å²) in [6, 6.07) is 0.457. The molecule has 3 aliphatic heterocycles. The van der Waals surface area contributed by atoms with Gasteiger partial charge in [-0.15, -0.1) is 11.6 Å². The molecule has 0 aromatic heterocycles. The Kier molecular flexibility index (Phi) is 7.11. The third-order valence-electron chi connectivity index (χ3n) is 6.12. The van der Waals surface area contributed by atoms with E-state index in [0.29, 0.717) is 37.9 Å². The summed E-state index contributed by atoms with van der Waals surface area (Å²) in [7, 11) is 0. The van der Waals surface area contributed by atoms with Crippen molar-refractivity contribution in [3.63, 3.8) is 0 Å². The van der Waals surface area contributed by atoms with Crippen LogP contribution in [0.25, 0.3) is 0 Å². The Bertz CT molecular complexity index is 761. The molecule has 1 N–H and O–H groups in total. The van der Waals surface area contributed by atoms with Gasteiger partial charge in [-0.2, -0.15) is 0 Å². The Morgan fingerprint density at radius 2 is 2.13 bits per heavy atom. The van der Waals surface area contributed by atoms with E-state index in [2.05, 4.69) is 42.1 Å². The lowest BCUT2D eigenvalue weighted by atomic mass is 9.89. The molecule has 0 spiro atoms. The van der Waals surface area contributed by atoms with Crippen LogP contribution in [-0.2, 0) is 9.59 Å². The maximum Gasteiger partial charge on any atom is 0.239 e. The largest absolute Gasteiger partial charge is 0.363 e. The van der Waals surface area contributed by atoms with E-state index in [4.69, 9.17) is 11.6 Å². The normalized spacial score (nSPS) is 28.2. The Morgan fingerprint density at radius 1 is 1.37 bits per heavy atom. The number of fused-ring (bicyclic) bond motifs is 2. The van der Waals surface area contributed by atoms with Crippen LogP contribution in [0, 0.1) is 11.3 Å². The topological polar surface area (TPSA) is 61.8 Å². The lowest BCUT2D eigenvalue weighted by Gasteiger charge is -2.34. The Morgan fingerprint density at radius 3 is 2.80 bits per heavy atom. The summed E-state index contributed by atoms with van der Waals surface area (Å²) in [5.74, 6) is 0.787. The molecule has 1 fully saturated rings. The molecule has 1 saturated heterocycles. The minimum absolute atomic E-state index is 0.0980. The van der Waals surface area contributed by atoms with Crippen LogP contribution in [-0.4, -0.2) is 46.8 Å². The summed E-state index contributed by atoms with van der Waals surface area (Å²) in [4.78, 5) is 30.7. The second-order valence-corrected chi connectivity index (χ2v) is 11.4. The maximum absolute atomic E-state index is 12.5. The number of carbonyl (C=O) groups excluding carboxylic acids is 2. The molecule has 3 aliphatic rings. The molecule has 0 saturated carbocycles. The number of allylic oxidation sites excluding steroid dienone is 3. The first-order chi connectivity index (χ1) is 14.0. The minimum Gasteiger partial charge on any atom is -0.363 e. The number of nitrogens with zero attached hydrogens (tertiary/aromatic N) is 2. The van der Waals surface area contributed by atoms with Crippen molar-refractivity contribution in [2.45, 2.75) is 83.6 Å². The van der Waals surface area contributed by atoms with Crippen molar-refractivity contribution in [2.24, 2.45) is 16.3 Å². The maximum atomic E-state index is 12.5. The number of aliphatic imine (C=N–C) groups is 1. The fourth-order valence-electron chi connectivity index (χ4n) is 4.57. The average Bonchev–Trinajstić information content (AvgIpc) is 2.86. The molecule has 0 aromatic rings. The molecule has 5 nitrogen and oxygen atoms in total. The number of hydrogen-bond donors (Lipinski definition) is 1. The van der Waals surface area contributed by atoms with E-state index in [1.807, 2.05) is 6.92 Å². The molecule has 2 bridgehead atoms. The number of ketones is 1. The quantitative estimate of drug-likeness (QED) is 0.568. The standard InChI is InChI=1S/C24H36ClN3O2/c1-23(2,3)15-27-22(30)14-28-19-8-9-20(28)11-17(10-19)6-5-7-21(29)18-12-24(4,25)16-26-13-18/h10,13,16-17,20H,5-9,11-12,14-15H2,1-4H3,(H,27,30)/t17-,20+,24+/m1/s1. The first-order valence-electron chi connectivity index (χ1n) is 11.2. The van der Waals surface area contributed by atoms with Crippen molar-refractivity contribution in [1.29, 1.82) is 0 Å². The monoisotopic (exact) mass is 433 g/mol. The summed E-state index contributed by atoms with van der Waals surface area (Å²) in [6.45, 7) is 9.43. The molecule has 0 unspecified atom stereocenters. The van der Waals surface area contributed by atoms with Crippen LogP contribution in [0.3, 0.4) is 0 Å².